The number of fused-ring (bicyclic) bond motifs is 1. The second-order valence-corrected chi connectivity index (χ2v) is 5.60. The van der Waals surface area contributed by atoms with Gasteiger partial charge in [-0.1, -0.05) is 6.07 Å². The normalized spacial score (nSPS) is 28.3. The summed E-state index contributed by atoms with van der Waals surface area (Å²) < 4.78 is 20.1. The van der Waals surface area contributed by atoms with Crippen molar-refractivity contribution in [1.82, 2.24) is 0 Å². The summed E-state index contributed by atoms with van der Waals surface area (Å²) in [6.07, 6.45) is 3.65. The molecule has 1 saturated heterocycles. The number of anilines is 1. The molecule has 19 heavy (non-hydrogen) atoms. The molecule has 3 nitrogen and oxygen atoms in total. The Balaban J connectivity index is 1.88. The highest BCUT2D eigenvalue weighted by atomic mass is 19.1. The number of rotatable bonds is 2. The van der Waals surface area contributed by atoms with E-state index in [1.54, 1.807) is 6.07 Å². The molecular formula is C15H21FN2O. The van der Waals surface area contributed by atoms with Crippen molar-refractivity contribution in [3.05, 3.63) is 29.6 Å². The molecule has 2 aliphatic rings. The van der Waals surface area contributed by atoms with Gasteiger partial charge in [-0.25, -0.2) is 4.39 Å². The van der Waals surface area contributed by atoms with Crippen LogP contribution in [0.5, 0.6) is 0 Å². The van der Waals surface area contributed by atoms with Crippen LogP contribution in [-0.2, 0) is 4.74 Å². The highest BCUT2D eigenvalue weighted by molar-refractivity contribution is 5.51. The molecule has 3 atom stereocenters. The first kappa shape index (κ1) is 12.9. The Kier molecular flexibility index (Phi) is 3.46. The van der Waals surface area contributed by atoms with E-state index in [1.165, 1.54) is 6.42 Å². The molecule has 3 rings (SSSR count). The van der Waals surface area contributed by atoms with Crippen LogP contribution in [0.1, 0.15) is 37.8 Å². The minimum absolute atomic E-state index is 0.132. The fourth-order valence-electron chi connectivity index (χ4n) is 3.26. The Morgan fingerprint density at radius 3 is 3.00 bits per heavy atom. The van der Waals surface area contributed by atoms with Crippen LogP contribution in [-0.4, -0.2) is 25.3 Å². The zero-order valence-electron chi connectivity index (χ0n) is 11.3. The van der Waals surface area contributed by atoms with Gasteiger partial charge in [-0.3, -0.25) is 0 Å². The number of ether oxygens (including phenoxy) is 1. The van der Waals surface area contributed by atoms with Crippen molar-refractivity contribution in [3.63, 3.8) is 0 Å². The van der Waals surface area contributed by atoms with Crippen molar-refractivity contribution in [2.45, 2.75) is 44.4 Å². The van der Waals surface area contributed by atoms with Gasteiger partial charge in [-0.15, -0.1) is 0 Å². The number of morpholine rings is 1. The van der Waals surface area contributed by atoms with E-state index in [0.717, 1.165) is 24.9 Å². The summed E-state index contributed by atoms with van der Waals surface area (Å²) in [5.74, 6) is -0.164. The highest BCUT2D eigenvalue weighted by Gasteiger charge is 2.36. The third-order valence-electron chi connectivity index (χ3n) is 4.29. The second kappa shape index (κ2) is 5.10. The van der Waals surface area contributed by atoms with Crippen LogP contribution in [0, 0.1) is 5.82 Å². The third-order valence-corrected chi connectivity index (χ3v) is 4.29. The van der Waals surface area contributed by atoms with Gasteiger partial charge in [0.25, 0.3) is 0 Å². The summed E-state index contributed by atoms with van der Waals surface area (Å²) in [6.45, 7) is 3.33. The summed E-state index contributed by atoms with van der Waals surface area (Å²) >= 11 is 0. The second-order valence-electron chi connectivity index (χ2n) is 5.60. The van der Waals surface area contributed by atoms with Crippen LogP contribution in [0.4, 0.5) is 10.1 Å². The smallest absolute Gasteiger partial charge is 0.146 e. The lowest BCUT2D eigenvalue weighted by Crippen LogP contribution is -2.49. The number of nitrogens with two attached hydrogens (primary N) is 1. The lowest BCUT2D eigenvalue weighted by Gasteiger charge is -2.39. The van der Waals surface area contributed by atoms with Crippen LogP contribution in [0.25, 0.3) is 0 Å². The van der Waals surface area contributed by atoms with Crippen LogP contribution in [0.3, 0.4) is 0 Å². The lowest BCUT2D eigenvalue weighted by molar-refractivity contribution is 0.0254. The standard InChI is InChI=1S/C15H21FN2O/c1-10(17)11-5-6-13(12(16)9-11)18-7-8-19-15-4-2-3-14(15)18/h5-6,9-10,14-15H,2-4,7-8,17H2,1H3. The van der Waals surface area contributed by atoms with Crippen molar-refractivity contribution >= 4 is 5.69 Å². The van der Waals surface area contributed by atoms with Gasteiger partial charge in [-0.2, -0.15) is 0 Å². The number of halogens is 1. The van der Waals surface area contributed by atoms with Gasteiger partial charge >= 0.3 is 0 Å². The molecule has 1 aromatic carbocycles. The summed E-state index contributed by atoms with van der Waals surface area (Å²) in [4.78, 5) is 2.18. The first-order valence-electron chi connectivity index (χ1n) is 7.10. The largest absolute Gasteiger partial charge is 0.374 e. The monoisotopic (exact) mass is 264 g/mol. The van der Waals surface area contributed by atoms with Crippen molar-refractivity contribution in [2.75, 3.05) is 18.1 Å². The van der Waals surface area contributed by atoms with Crippen molar-refractivity contribution in [3.8, 4) is 0 Å². The van der Waals surface area contributed by atoms with Crippen molar-refractivity contribution < 1.29 is 9.13 Å². The van der Waals surface area contributed by atoms with Gasteiger partial charge in [-0.05, 0) is 43.9 Å². The van der Waals surface area contributed by atoms with Crippen molar-refractivity contribution in [2.24, 2.45) is 5.73 Å². The third kappa shape index (κ3) is 2.35. The number of hydrogen-bond donors (Lipinski definition) is 1. The van der Waals surface area contributed by atoms with Gasteiger partial charge in [0.15, 0.2) is 0 Å². The molecule has 0 bridgehead atoms. The molecule has 3 unspecified atom stereocenters. The van der Waals surface area contributed by atoms with Gasteiger partial charge in [0.2, 0.25) is 0 Å². The van der Waals surface area contributed by atoms with Crippen molar-refractivity contribution in [1.29, 1.82) is 0 Å². The lowest BCUT2D eigenvalue weighted by atomic mass is 10.1. The van der Waals surface area contributed by atoms with E-state index in [2.05, 4.69) is 4.90 Å². The number of nitrogens with zero attached hydrogens (tertiary/aromatic N) is 1. The predicted octanol–water partition coefficient (Wildman–Crippen LogP) is 2.60. The van der Waals surface area contributed by atoms with Gasteiger partial charge < -0.3 is 15.4 Å². The molecule has 0 radical (unpaired) electrons. The Bertz CT molecular complexity index is 463. The molecule has 1 aliphatic carbocycles. The zero-order chi connectivity index (χ0) is 13.4. The molecule has 4 heteroatoms. The van der Waals surface area contributed by atoms with E-state index >= 15 is 0 Å². The number of hydrogen-bond acceptors (Lipinski definition) is 3. The molecule has 0 spiro atoms. The van der Waals surface area contributed by atoms with Gasteiger partial charge in [0.05, 0.1) is 24.4 Å². The SMILES string of the molecule is CC(N)c1ccc(N2CCOC3CCCC32)c(F)c1. The topological polar surface area (TPSA) is 38.5 Å². The molecule has 0 amide bonds. The maximum atomic E-state index is 14.3. The van der Waals surface area contributed by atoms with Gasteiger partial charge in [0, 0.05) is 12.6 Å². The first-order valence-corrected chi connectivity index (χ1v) is 7.10. The summed E-state index contributed by atoms with van der Waals surface area (Å²) in [6, 6.07) is 5.58. The van der Waals surface area contributed by atoms with Crippen LogP contribution in [0.2, 0.25) is 0 Å². The molecule has 1 aliphatic heterocycles. The van der Waals surface area contributed by atoms with Crippen LogP contribution in [0.15, 0.2) is 18.2 Å². The average Bonchev–Trinajstić information content (AvgIpc) is 2.86. The first-order chi connectivity index (χ1) is 9.16. The molecule has 1 saturated carbocycles. The Labute approximate surface area is 113 Å². The molecule has 2 N–H and O–H groups in total. The maximum absolute atomic E-state index is 14.3. The molecule has 0 aromatic heterocycles. The fourth-order valence-corrected chi connectivity index (χ4v) is 3.26. The molecule has 1 aromatic rings. The molecule has 1 heterocycles. The predicted molar refractivity (Wildman–Crippen MR) is 73.7 cm³/mol. The average molecular weight is 264 g/mol. The van der Waals surface area contributed by atoms with E-state index in [9.17, 15) is 4.39 Å². The van der Waals surface area contributed by atoms with E-state index in [1.807, 2.05) is 19.1 Å². The van der Waals surface area contributed by atoms with E-state index in [4.69, 9.17) is 10.5 Å². The summed E-state index contributed by atoms with van der Waals surface area (Å²) in [5.41, 5.74) is 7.34. The van der Waals surface area contributed by atoms with E-state index < -0.39 is 0 Å². The number of benzene rings is 1. The summed E-state index contributed by atoms with van der Waals surface area (Å²) in [7, 11) is 0. The Hall–Kier alpha value is -1.13. The molecular weight excluding hydrogens is 243 g/mol. The molecule has 104 valence electrons. The Morgan fingerprint density at radius 1 is 1.42 bits per heavy atom. The fraction of sp³-hybridized carbons (Fsp3) is 0.600. The highest BCUT2D eigenvalue weighted by Crippen LogP contribution is 2.34. The van der Waals surface area contributed by atoms with Crippen LogP contribution >= 0.6 is 0 Å². The van der Waals surface area contributed by atoms with E-state index in [0.29, 0.717) is 18.3 Å². The zero-order valence-corrected chi connectivity index (χ0v) is 11.3. The summed E-state index contributed by atoms with van der Waals surface area (Å²) in [5, 5.41) is 0. The molecule has 2 fully saturated rings. The minimum Gasteiger partial charge on any atom is -0.374 e. The maximum Gasteiger partial charge on any atom is 0.146 e. The minimum atomic E-state index is -0.164. The van der Waals surface area contributed by atoms with Gasteiger partial charge in [0.1, 0.15) is 5.82 Å². The van der Waals surface area contributed by atoms with E-state index in [-0.39, 0.29) is 18.0 Å². The van der Waals surface area contributed by atoms with Crippen LogP contribution < -0.4 is 10.6 Å². The quantitative estimate of drug-likeness (QED) is 0.892. The Morgan fingerprint density at radius 2 is 2.26 bits per heavy atom.